The zero-order chi connectivity index (χ0) is 17.3. The van der Waals surface area contributed by atoms with Crippen LogP contribution in [0.2, 0.25) is 0 Å². The molecular weight excluding hydrogens is 407 g/mol. The van der Waals surface area contributed by atoms with Crippen molar-refractivity contribution >= 4 is 6.08 Å². The third kappa shape index (κ3) is 5.57. The quantitative estimate of drug-likeness (QED) is 0.457. The van der Waals surface area contributed by atoms with Gasteiger partial charge in [-0.25, -0.2) is 6.08 Å². The van der Waals surface area contributed by atoms with Crippen molar-refractivity contribution in [3.05, 3.63) is 69.3 Å². The smallest absolute Gasteiger partial charge is 1.00 e. The number of halogens is 2. The summed E-state index contributed by atoms with van der Waals surface area (Å²) in [4.78, 5) is 0. The van der Waals surface area contributed by atoms with Gasteiger partial charge in [0.25, 0.3) is 0 Å². The molecule has 4 rings (SSSR count). The summed E-state index contributed by atoms with van der Waals surface area (Å²) in [5, 5.41) is 0. The second kappa shape index (κ2) is 11.6. The van der Waals surface area contributed by atoms with Crippen molar-refractivity contribution in [3.63, 3.8) is 0 Å². The maximum absolute atomic E-state index is 3.54. The molecule has 3 heteroatoms. The van der Waals surface area contributed by atoms with Gasteiger partial charge in [-0.3, -0.25) is 6.08 Å². The van der Waals surface area contributed by atoms with Crippen molar-refractivity contribution in [2.45, 2.75) is 66.2 Å². The maximum atomic E-state index is 3.54. The van der Waals surface area contributed by atoms with Crippen molar-refractivity contribution in [1.29, 1.82) is 0 Å². The van der Waals surface area contributed by atoms with E-state index in [2.05, 4.69) is 71.0 Å². The van der Waals surface area contributed by atoms with Gasteiger partial charge in [-0.05, 0) is 5.92 Å². The molecular formula is C24H30Cl2Ti. The molecule has 2 aromatic carbocycles. The normalized spacial score (nSPS) is 17.1. The summed E-state index contributed by atoms with van der Waals surface area (Å²) in [5.41, 5.74) is 10.2. The number of rotatable bonds is 1. The first-order valence-corrected chi connectivity index (χ1v) is 9.38. The molecule has 0 N–H and O–H groups in total. The zero-order valence-corrected chi connectivity index (χ0v) is 20.2. The molecule has 0 amide bonds. The molecule has 1 fully saturated rings. The van der Waals surface area contributed by atoms with Crippen LogP contribution in [0.15, 0.2) is 24.3 Å². The van der Waals surface area contributed by atoms with Gasteiger partial charge in [0.1, 0.15) is 0 Å². The molecule has 27 heavy (non-hydrogen) atoms. The van der Waals surface area contributed by atoms with Gasteiger partial charge in [-0.15, -0.1) is 11.6 Å². The minimum absolute atomic E-state index is 0. The largest absolute Gasteiger partial charge is 4.00 e. The number of hydrogen-bond donors (Lipinski definition) is 0. The maximum Gasteiger partial charge on any atom is 4.00 e. The Hall–Kier alpha value is -0.396. The monoisotopic (exact) mass is 436 g/mol. The standard InChI is InChI=1S/C14H15.C10H15.2ClH.Ti/c1-2-6-11(5-1)14-10-9-12-7-3-4-8-13(12)14;1-6-7(2)9(4)10(5)8(6)3;;;/h3-4,7-9,11,14H,1-2,5-6H2;1-5H3;2*1H;/q2*-1;;;+4/p-2. The Morgan fingerprint density at radius 1 is 0.889 bits per heavy atom. The molecule has 0 bridgehead atoms. The summed E-state index contributed by atoms with van der Waals surface area (Å²) in [6.07, 6.45) is 11.4. The topological polar surface area (TPSA) is 0 Å². The van der Waals surface area contributed by atoms with Crippen LogP contribution in [0.3, 0.4) is 0 Å². The molecule has 0 nitrogen and oxygen atoms in total. The van der Waals surface area contributed by atoms with Crippen LogP contribution in [0.5, 0.6) is 0 Å². The molecule has 144 valence electrons. The van der Waals surface area contributed by atoms with Crippen LogP contribution < -0.4 is 24.8 Å². The molecule has 2 aromatic rings. The average molecular weight is 437 g/mol. The van der Waals surface area contributed by atoms with Crippen LogP contribution in [0.4, 0.5) is 0 Å². The van der Waals surface area contributed by atoms with E-state index in [1.807, 2.05) is 0 Å². The van der Waals surface area contributed by atoms with E-state index in [-0.39, 0.29) is 46.5 Å². The molecule has 0 aromatic heterocycles. The summed E-state index contributed by atoms with van der Waals surface area (Å²) in [6.45, 7) is 11.0. The van der Waals surface area contributed by atoms with Crippen molar-refractivity contribution in [2.24, 2.45) is 5.92 Å². The Morgan fingerprint density at radius 3 is 1.89 bits per heavy atom. The van der Waals surface area contributed by atoms with Gasteiger partial charge in [0, 0.05) is 0 Å². The molecule has 0 heterocycles. The zero-order valence-electron chi connectivity index (χ0n) is 17.1. The summed E-state index contributed by atoms with van der Waals surface area (Å²) < 4.78 is 0. The van der Waals surface area contributed by atoms with Crippen molar-refractivity contribution in [3.8, 4) is 0 Å². The fourth-order valence-corrected chi connectivity index (χ4v) is 4.28. The molecule has 1 unspecified atom stereocenters. The van der Waals surface area contributed by atoms with Gasteiger partial charge in [-0.2, -0.15) is 33.4 Å². The van der Waals surface area contributed by atoms with Gasteiger partial charge >= 0.3 is 21.7 Å². The van der Waals surface area contributed by atoms with Crippen molar-refractivity contribution in [1.82, 2.24) is 0 Å². The van der Waals surface area contributed by atoms with Gasteiger partial charge in [0.05, 0.1) is 0 Å². The fourth-order valence-electron chi connectivity index (χ4n) is 4.28. The second-order valence-corrected chi connectivity index (χ2v) is 7.59. The first-order valence-electron chi connectivity index (χ1n) is 9.38. The van der Waals surface area contributed by atoms with E-state index in [9.17, 15) is 0 Å². The van der Waals surface area contributed by atoms with Crippen LogP contribution in [0.25, 0.3) is 6.08 Å². The van der Waals surface area contributed by atoms with E-state index in [0.29, 0.717) is 5.92 Å². The molecule has 1 saturated carbocycles. The Kier molecular flexibility index (Phi) is 11.4. The predicted octanol–water partition coefficient (Wildman–Crippen LogP) is 0.743. The minimum Gasteiger partial charge on any atom is -1.00 e. The van der Waals surface area contributed by atoms with E-state index in [0.717, 1.165) is 5.92 Å². The van der Waals surface area contributed by atoms with E-state index in [4.69, 9.17) is 0 Å². The van der Waals surface area contributed by atoms with Gasteiger partial charge in [0.2, 0.25) is 0 Å². The molecule has 0 saturated heterocycles. The van der Waals surface area contributed by atoms with Crippen LogP contribution in [0.1, 0.15) is 70.5 Å². The molecule has 0 radical (unpaired) electrons. The minimum atomic E-state index is 0. The Morgan fingerprint density at radius 2 is 1.41 bits per heavy atom. The van der Waals surface area contributed by atoms with E-state index in [1.165, 1.54) is 64.6 Å². The molecule has 2 aliphatic rings. The Balaban J connectivity index is 0.000000473. The second-order valence-electron chi connectivity index (χ2n) is 7.59. The summed E-state index contributed by atoms with van der Waals surface area (Å²) in [7, 11) is 0. The molecule has 1 atom stereocenters. The summed E-state index contributed by atoms with van der Waals surface area (Å²) in [6, 6.07) is 8.75. The Bertz CT molecular complexity index is 672. The van der Waals surface area contributed by atoms with Gasteiger partial charge < -0.3 is 24.8 Å². The number of benzene rings is 1. The summed E-state index contributed by atoms with van der Waals surface area (Å²) >= 11 is 0. The van der Waals surface area contributed by atoms with Crippen LogP contribution in [-0.4, -0.2) is 0 Å². The van der Waals surface area contributed by atoms with Crippen molar-refractivity contribution < 1.29 is 46.5 Å². The average Bonchev–Trinajstić information content (AvgIpc) is 3.30. The third-order valence-corrected chi connectivity index (χ3v) is 6.43. The first-order chi connectivity index (χ1) is 11.5. The van der Waals surface area contributed by atoms with E-state index in [1.54, 1.807) is 0 Å². The fraction of sp³-hybridized carbons (Fsp3) is 0.458. The SMILES string of the molecule is Cc1c(C)c(C)[c-](C)c1C.[C-]1=Cc2ccccc2C1C1CCCC1.[Cl-].[Cl-].[Ti+4]. The van der Waals surface area contributed by atoms with Crippen LogP contribution in [-0.2, 0) is 21.7 Å². The predicted molar refractivity (Wildman–Crippen MR) is 105 cm³/mol. The Labute approximate surface area is 193 Å². The number of allylic oxidation sites excluding steroid dienone is 1. The van der Waals surface area contributed by atoms with Gasteiger partial charge in [-0.1, -0.05) is 84.4 Å². The number of fused-ring (bicyclic) bond motifs is 1. The van der Waals surface area contributed by atoms with E-state index < -0.39 is 0 Å². The first kappa shape index (κ1) is 26.6. The van der Waals surface area contributed by atoms with Crippen LogP contribution >= 0.6 is 0 Å². The molecule has 0 spiro atoms. The van der Waals surface area contributed by atoms with Crippen molar-refractivity contribution in [2.75, 3.05) is 0 Å². The molecule has 0 aliphatic heterocycles. The molecule has 2 aliphatic carbocycles. The van der Waals surface area contributed by atoms with Crippen LogP contribution in [0, 0.1) is 46.6 Å². The van der Waals surface area contributed by atoms with Gasteiger partial charge in [0.15, 0.2) is 0 Å². The summed E-state index contributed by atoms with van der Waals surface area (Å²) in [5.74, 6) is 1.48. The van der Waals surface area contributed by atoms with E-state index >= 15 is 0 Å². The number of hydrogen-bond acceptors (Lipinski definition) is 0. The third-order valence-electron chi connectivity index (χ3n) is 6.43.